The molecule has 5 fully saturated rings. The van der Waals surface area contributed by atoms with E-state index >= 15 is 0 Å². The summed E-state index contributed by atoms with van der Waals surface area (Å²) in [4.78, 5) is 51.2. The number of nitrogens with zero attached hydrogens (tertiary/aromatic N) is 1. The fourth-order valence-electron chi connectivity index (χ4n) is 7.41. The summed E-state index contributed by atoms with van der Waals surface area (Å²) in [6.45, 7) is -0.255. The average Bonchev–Trinajstić information content (AvgIpc) is 2.90. The van der Waals surface area contributed by atoms with Crippen LogP contribution in [0.1, 0.15) is 49.7 Å². The quantitative estimate of drug-likeness (QED) is 0.283. The number of methoxy groups -OCH3 is 1. The van der Waals surface area contributed by atoms with Gasteiger partial charge in [-0.3, -0.25) is 14.9 Å². The van der Waals surface area contributed by atoms with E-state index in [0.717, 1.165) is 22.7 Å². The molecular formula is C30H29BrN2O6. The highest BCUT2D eigenvalue weighted by atomic mass is 79.9. The van der Waals surface area contributed by atoms with Gasteiger partial charge < -0.3 is 9.47 Å². The van der Waals surface area contributed by atoms with Crippen LogP contribution in [0.2, 0.25) is 0 Å². The van der Waals surface area contributed by atoms with Gasteiger partial charge in [-0.25, -0.2) is 14.5 Å². The lowest BCUT2D eigenvalue weighted by Gasteiger charge is -2.57. The maximum absolute atomic E-state index is 13.4. The molecule has 4 bridgehead atoms. The molecule has 0 spiro atoms. The smallest absolute Gasteiger partial charge is 0.343 e. The number of hydrogen-bond donors (Lipinski definition) is 1. The van der Waals surface area contributed by atoms with Crippen LogP contribution >= 0.6 is 15.9 Å². The minimum atomic E-state index is -0.766. The first-order valence-electron chi connectivity index (χ1n) is 13.3. The molecule has 4 aliphatic carbocycles. The second-order valence-electron chi connectivity index (χ2n) is 11.3. The Morgan fingerprint density at radius 2 is 1.67 bits per heavy atom. The average molecular weight is 593 g/mol. The second kappa shape index (κ2) is 9.93. The highest BCUT2D eigenvalue weighted by Crippen LogP contribution is 2.60. The van der Waals surface area contributed by atoms with E-state index in [2.05, 4.69) is 38.1 Å². The van der Waals surface area contributed by atoms with Gasteiger partial charge >= 0.3 is 12.0 Å². The molecule has 2 aromatic carbocycles. The Morgan fingerprint density at radius 3 is 2.26 bits per heavy atom. The Labute approximate surface area is 234 Å². The number of carbonyl (C=O) groups excluding carboxylic acids is 4. The molecule has 39 heavy (non-hydrogen) atoms. The molecule has 1 aliphatic heterocycles. The zero-order chi connectivity index (χ0) is 27.3. The van der Waals surface area contributed by atoms with Gasteiger partial charge in [-0.2, -0.15) is 0 Å². The van der Waals surface area contributed by atoms with Crippen molar-refractivity contribution in [3.05, 3.63) is 63.6 Å². The number of hydrogen-bond acceptors (Lipinski definition) is 6. The molecule has 1 heterocycles. The van der Waals surface area contributed by atoms with Crippen molar-refractivity contribution in [1.82, 2.24) is 5.32 Å². The molecule has 4 amide bonds. The summed E-state index contributed by atoms with van der Waals surface area (Å²) >= 11 is 3.38. The third kappa shape index (κ3) is 4.77. The summed E-state index contributed by atoms with van der Waals surface area (Å²) in [5.74, 6) is 0.890. The molecule has 0 atom stereocenters. The Bertz CT molecular complexity index is 1360. The molecule has 202 valence electrons. The molecule has 9 heteroatoms. The highest BCUT2D eigenvalue weighted by Gasteiger charge is 2.51. The van der Waals surface area contributed by atoms with Crippen molar-refractivity contribution in [1.29, 1.82) is 0 Å². The summed E-state index contributed by atoms with van der Waals surface area (Å²) in [5.41, 5.74) is 2.31. The predicted molar refractivity (Wildman–Crippen MR) is 147 cm³/mol. The van der Waals surface area contributed by atoms with Crippen LogP contribution in [-0.2, 0) is 24.5 Å². The number of ether oxygens (including phenoxy) is 2. The highest BCUT2D eigenvalue weighted by molar-refractivity contribution is 9.10. The van der Waals surface area contributed by atoms with Gasteiger partial charge in [0.1, 0.15) is 11.3 Å². The van der Waals surface area contributed by atoms with E-state index in [1.807, 2.05) is 12.1 Å². The summed E-state index contributed by atoms with van der Waals surface area (Å²) in [5, 5.41) is 2.29. The number of halogens is 1. The number of nitrogens with one attached hydrogen (secondary N) is 1. The lowest BCUT2D eigenvalue weighted by Crippen LogP contribution is -2.54. The first kappa shape index (κ1) is 25.8. The third-order valence-corrected chi connectivity index (χ3v) is 9.34. The van der Waals surface area contributed by atoms with E-state index in [9.17, 15) is 19.2 Å². The largest absolute Gasteiger partial charge is 0.481 e. The number of barbiturate groups is 1. The standard InChI is InChI=1S/C30H29BrN2O6/c1-38-26(34)16-39-25-7-2-17(12-24(25)31)11-23-27(35)32-29(37)33(28(23)36)22-5-3-21(4-6-22)30-13-18-8-19(14-30)10-20(9-18)15-30/h2-7,11-12,18-20H,8-10,13-16H2,1H3,(H,32,35,37)/b23-11+. The SMILES string of the molecule is COC(=O)COc1ccc(/C=C2\C(=O)NC(=O)N(c3ccc(C45CC6CC(CC(C6)C4)C5)cc3)C2=O)cc1Br. The monoisotopic (exact) mass is 592 g/mol. The topological polar surface area (TPSA) is 102 Å². The van der Waals surface area contributed by atoms with Crippen LogP contribution in [0.25, 0.3) is 6.08 Å². The Morgan fingerprint density at radius 1 is 1.03 bits per heavy atom. The first-order valence-corrected chi connectivity index (χ1v) is 14.0. The predicted octanol–water partition coefficient (Wildman–Crippen LogP) is 5.14. The van der Waals surface area contributed by atoms with E-state index in [0.29, 0.717) is 21.5 Å². The number of carbonyl (C=O) groups is 4. The van der Waals surface area contributed by atoms with Gasteiger partial charge in [0.25, 0.3) is 11.8 Å². The molecule has 7 rings (SSSR count). The summed E-state index contributed by atoms with van der Waals surface area (Å²) in [6.07, 6.45) is 9.20. The molecule has 2 aromatic rings. The number of urea groups is 1. The van der Waals surface area contributed by atoms with Gasteiger partial charge in [0, 0.05) is 0 Å². The van der Waals surface area contributed by atoms with Crippen LogP contribution in [0.4, 0.5) is 10.5 Å². The van der Waals surface area contributed by atoms with Crippen molar-refractivity contribution in [2.45, 2.75) is 43.9 Å². The number of esters is 1. The molecule has 5 aliphatic rings. The Hall–Kier alpha value is -3.46. The van der Waals surface area contributed by atoms with Crippen molar-refractivity contribution in [2.24, 2.45) is 17.8 Å². The number of rotatable bonds is 6. The maximum Gasteiger partial charge on any atom is 0.343 e. The molecule has 0 aromatic heterocycles. The zero-order valence-electron chi connectivity index (χ0n) is 21.6. The van der Waals surface area contributed by atoms with Crippen molar-refractivity contribution in [3.8, 4) is 5.75 Å². The van der Waals surface area contributed by atoms with Gasteiger partial charge in [0.05, 0.1) is 17.3 Å². The van der Waals surface area contributed by atoms with E-state index < -0.39 is 23.8 Å². The Kier molecular flexibility index (Phi) is 6.57. The van der Waals surface area contributed by atoms with Gasteiger partial charge in [-0.05, 0) is 119 Å². The van der Waals surface area contributed by atoms with E-state index in [1.165, 1.54) is 57.3 Å². The van der Waals surface area contributed by atoms with Crippen molar-refractivity contribution < 1.29 is 28.7 Å². The van der Waals surface area contributed by atoms with Crippen molar-refractivity contribution in [2.75, 3.05) is 18.6 Å². The molecule has 0 radical (unpaired) electrons. The van der Waals surface area contributed by atoms with E-state index in [1.54, 1.807) is 18.2 Å². The fourth-order valence-corrected chi connectivity index (χ4v) is 7.92. The van der Waals surface area contributed by atoms with Gasteiger partial charge in [0.2, 0.25) is 0 Å². The van der Waals surface area contributed by atoms with Crippen LogP contribution in [0.15, 0.2) is 52.5 Å². The summed E-state index contributed by atoms with van der Waals surface area (Å²) < 4.78 is 10.5. The number of imide groups is 2. The van der Waals surface area contributed by atoms with Crippen LogP contribution < -0.4 is 15.0 Å². The lowest BCUT2D eigenvalue weighted by molar-refractivity contribution is -0.143. The van der Waals surface area contributed by atoms with Gasteiger partial charge in [0.15, 0.2) is 6.61 Å². The minimum Gasteiger partial charge on any atom is -0.481 e. The molecule has 0 unspecified atom stereocenters. The molecule has 4 saturated carbocycles. The maximum atomic E-state index is 13.4. The zero-order valence-corrected chi connectivity index (χ0v) is 23.2. The fraction of sp³-hybridized carbons (Fsp3) is 0.400. The van der Waals surface area contributed by atoms with Crippen LogP contribution in [0, 0.1) is 17.8 Å². The molecule has 1 N–H and O–H groups in total. The summed E-state index contributed by atoms with van der Waals surface area (Å²) in [6, 6.07) is 11.9. The number of anilines is 1. The van der Waals surface area contributed by atoms with Gasteiger partial charge in [-0.15, -0.1) is 0 Å². The molecular weight excluding hydrogens is 564 g/mol. The normalized spacial score (nSPS) is 28.6. The van der Waals surface area contributed by atoms with Gasteiger partial charge in [-0.1, -0.05) is 18.2 Å². The third-order valence-electron chi connectivity index (χ3n) is 8.72. The van der Waals surface area contributed by atoms with Crippen molar-refractivity contribution in [3.63, 3.8) is 0 Å². The van der Waals surface area contributed by atoms with Crippen molar-refractivity contribution >= 4 is 51.5 Å². The van der Waals surface area contributed by atoms with Crippen LogP contribution in [0.3, 0.4) is 0 Å². The lowest BCUT2D eigenvalue weighted by atomic mass is 9.48. The molecule has 1 saturated heterocycles. The Balaban J connectivity index is 1.23. The van der Waals surface area contributed by atoms with E-state index in [4.69, 9.17) is 4.74 Å². The minimum absolute atomic E-state index is 0.158. The second-order valence-corrected chi connectivity index (χ2v) is 12.1. The van der Waals surface area contributed by atoms with E-state index in [-0.39, 0.29) is 17.6 Å². The number of amides is 4. The summed E-state index contributed by atoms with van der Waals surface area (Å²) in [7, 11) is 1.27. The molecule has 8 nitrogen and oxygen atoms in total. The van der Waals surface area contributed by atoms with Crippen LogP contribution in [-0.4, -0.2) is 37.5 Å². The number of benzene rings is 2. The van der Waals surface area contributed by atoms with Crippen LogP contribution in [0.5, 0.6) is 5.75 Å². The first-order chi connectivity index (χ1) is 18.7.